The molecular weight excluding hydrogens is 258 g/mol. The van der Waals surface area contributed by atoms with Crippen LogP contribution in [0.3, 0.4) is 0 Å². The molecule has 0 spiro atoms. The maximum atomic E-state index is 11.6. The number of carbonyl (C=O) groups excluding carboxylic acids is 1. The molecule has 1 aromatic carbocycles. The average Bonchev–Trinajstić information content (AvgIpc) is 2.35. The predicted molar refractivity (Wildman–Crippen MR) is 65.1 cm³/mol. The van der Waals surface area contributed by atoms with Crippen LogP contribution in [0.25, 0.3) is 0 Å². The largest absolute Gasteiger partial charge is 0.467 e. The Bertz CT molecular complexity index is 485. The van der Waals surface area contributed by atoms with Crippen molar-refractivity contribution in [3.8, 4) is 0 Å². The second-order valence-corrected chi connectivity index (χ2v) is 5.44. The fraction of sp³-hybridized carbons (Fsp3) is 0.364. The quantitative estimate of drug-likeness (QED) is 0.690. The van der Waals surface area contributed by atoms with Crippen LogP contribution in [0.1, 0.15) is 5.56 Å². The molecule has 0 aliphatic carbocycles. The molecule has 0 aliphatic rings. The number of aliphatic hydroxyl groups excluding tert-OH is 1. The first kappa shape index (κ1) is 14.6. The van der Waals surface area contributed by atoms with Crippen LogP contribution in [0.15, 0.2) is 30.3 Å². The maximum absolute atomic E-state index is 11.6. The number of esters is 1. The smallest absolute Gasteiger partial charge is 0.336 e. The molecule has 0 amide bonds. The zero-order valence-corrected chi connectivity index (χ0v) is 10.7. The van der Waals surface area contributed by atoms with Crippen molar-refractivity contribution < 1.29 is 23.1 Å². The topological polar surface area (TPSA) is 92.7 Å². The van der Waals surface area contributed by atoms with Gasteiger partial charge in [-0.3, -0.25) is 0 Å². The Morgan fingerprint density at radius 1 is 1.39 bits per heavy atom. The molecular formula is C11H15NO5S. The van der Waals surface area contributed by atoms with Gasteiger partial charge >= 0.3 is 5.97 Å². The molecule has 0 bridgehead atoms. The van der Waals surface area contributed by atoms with Crippen molar-refractivity contribution >= 4 is 16.0 Å². The fourth-order valence-electron chi connectivity index (χ4n) is 1.27. The summed E-state index contributed by atoms with van der Waals surface area (Å²) in [7, 11) is -2.47. The van der Waals surface area contributed by atoms with Crippen LogP contribution >= 0.6 is 0 Å². The molecule has 1 atom stereocenters. The molecule has 0 saturated heterocycles. The molecule has 0 saturated carbocycles. The molecule has 2 N–H and O–H groups in total. The van der Waals surface area contributed by atoms with Crippen LogP contribution in [0, 0.1) is 0 Å². The third kappa shape index (κ3) is 4.82. The number of hydrogen-bond acceptors (Lipinski definition) is 5. The Morgan fingerprint density at radius 2 is 2.00 bits per heavy atom. The summed E-state index contributed by atoms with van der Waals surface area (Å²) < 4.78 is 29.7. The molecule has 0 unspecified atom stereocenters. The van der Waals surface area contributed by atoms with Gasteiger partial charge in [-0.05, 0) is 5.56 Å². The molecule has 7 heteroatoms. The molecule has 18 heavy (non-hydrogen) atoms. The Balaban J connectivity index is 2.53. The summed E-state index contributed by atoms with van der Waals surface area (Å²) in [6.07, 6.45) is -1.50. The number of hydrogen-bond donors (Lipinski definition) is 2. The van der Waals surface area contributed by atoms with Crippen LogP contribution in [0.4, 0.5) is 0 Å². The van der Waals surface area contributed by atoms with Crippen molar-refractivity contribution in [3.05, 3.63) is 35.9 Å². The molecule has 0 aromatic heterocycles. The van der Waals surface area contributed by atoms with Crippen LogP contribution in [-0.4, -0.2) is 39.3 Å². The zero-order chi connectivity index (χ0) is 13.6. The van der Waals surface area contributed by atoms with Crippen molar-refractivity contribution in [1.29, 1.82) is 0 Å². The second kappa shape index (κ2) is 6.48. The minimum absolute atomic E-state index is 0.207. The molecule has 0 fully saturated rings. The van der Waals surface area contributed by atoms with E-state index < -0.39 is 28.6 Å². The monoisotopic (exact) mass is 273 g/mol. The lowest BCUT2D eigenvalue weighted by Gasteiger charge is -2.10. The van der Waals surface area contributed by atoms with Gasteiger partial charge in [0.2, 0.25) is 10.0 Å². The van der Waals surface area contributed by atoms with E-state index in [1.807, 2.05) is 0 Å². The van der Waals surface area contributed by atoms with Crippen LogP contribution in [-0.2, 0) is 25.3 Å². The standard InChI is InChI=1S/C11H15NO5S/c1-17-11(14)10(13)7-12-18(15,16)8-9-5-3-2-4-6-9/h2-6,10,12-13H,7-8H2,1H3/t10-/m1/s1. The molecule has 0 radical (unpaired) electrons. The van der Waals surface area contributed by atoms with E-state index in [4.69, 9.17) is 0 Å². The van der Waals surface area contributed by atoms with Gasteiger partial charge in [-0.1, -0.05) is 30.3 Å². The van der Waals surface area contributed by atoms with Gasteiger partial charge in [-0.2, -0.15) is 0 Å². The first-order valence-corrected chi connectivity index (χ1v) is 6.87. The number of rotatable bonds is 6. The van der Waals surface area contributed by atoms with E-state index in [-0.39, 0.29) is 5.75 Å². The number of carbonyl (C=O) groups is 1. The molecule has 6 nitrogen and oxygen atoms in total. The molecule has 1 rings (SSSR count). The summed E-state index contributed by atoms with van der Waals surface area (Å²) in [4.78, 5) is 10.9. The normalized spacial score (nSPS) is 13.0. The van der Waals surface area contributed by atoms with Gasteiger partial charge in [-0.15, -0.1) is 0 Å². The van der Waals surface area contributed by atoms with Crippen molar-refractivity contribution in [2.75, 3.05) is 13.7 Å². The van der Waals surface area contributed by atoms with Crippen molar-refractivity contribution in [1.82, 2.24) is 4.72 Å². The highest BCUT2D eigenvalue weighted by Gasteiger charge is 2.19. The summed E-state index contributed by atoms with van der Waals surface area (Å²) in [6.45, 7) is -0.401. The number of nitrogens with one attached hydrogen (secondary N) is 1. The third-order valence-electron chi connectivity index (χ3n) is 2.17. The van der Waals surface area contributed by atoms with Gasteiger partial charge in [-0.25, -0.2) is 17.9 Å². The lowest BCUT2D eigenvalue weighted by molar-refractivity contribution is -0.149. The fourth-order valence-corrected chi connectivity index (χ4v) is 2.42. The van der Waals surface area contributed by atoms with Gasteiger partial charge in [0.05, 0.1) is 12.9 Å². The van der Waals surface area contributed by atoms with E-state index >= 15 is 0 Å². The van der Waals surface area contributed by atoms with Gasteiger partial charge in [0, 0.05) is 6.54 Å². The molecule has 0 aliphatic heterocycles. The summed E-state index contributed by atoms with van der Waals surface area (Å²) in [6, 6.07) is 8.60. The minimum atomic E-state index is -3.59. The first-order chi connectivity index (χ1) is 8.44. The van der Waals surface area contributed by atoms with E-state index in [9.17, 15) is 18.3 Å². The molecule has 0 heterocycles. The summed E-state index contributed by atoms with van der Waals surface area (Å²) in [5, 5.41) is 9.25. The Kier molecular flexibility index (Phi) is 5.26. The summed E-state index contributed by atoms with van der Waals surface area (Å²) >= 11 is 0. The number of ether oxygens (including phenoxy) is 1. The molecule has 100 valence electrons. The summed E-state index contributed by atoms with van der Waals surface area (Å²) in [5.74, 6) is -1.08. The van der Waals surface area contributed by atoms with Crippen LogP contribution in [0.2, 0.25) is 0 Å². The SMILES string of the molecule is COC(=O)[C@H](O)CNS(=O)(=O)Cc1ccccc1. The number of methoxy groups -OCH3 is 1. The highest BCUT2D eigenvalue weighted by Crippen LogP contribution is 2.03. The van der Waals surface area contributed by atoms with Gasteiger partial charge in [0.15, 0.2) is 6.10 Å². The predicted octanol–water partition coefficient (Wildman–Crippen LogP) is -0.360. The van der Waals surface area contributed by atoms with E-state index in [2.05, 4.69) is 9.46 Å². The number of sulfonamides is 1. The van der Waals surface area contributed by atoms with E-state index in [0.717, 1.165) is 7.11 Å². The Hall–Kier alpha value is -1.44. The van der Waals surface area contributed by atoms with Crippen molar-refractivity contribution in [2.24, 2.45) is 0 Å². The average molecular weight is 273 g/mol. The van der Waals surface area contributed by atoms with E-state index in [0.29, 0.717) is 5.56 Å². The van der Waals surface area contributed by atoms with Crippen LogP contribution < -0.4 is 4.72 Å². The Morgan fingerprint density at radius 3 is 2.56 bits per heavy atom. The third-order valence-corrected chi connectivity index (χ3v) is 3.49. The molecule has 1 aromatic rings. The van der Waals surface area contributed by atoms with Crippen molar-refractivity contribution in [2.45, 2.75) is 11.9 Å². The Labute approximate surface area is 106 Å². The second-order valence-electron chi connectivity index (χ2n) is 3.63. The van der Waals surface area contributed by atoms with Crippen molar-refractivity contribution in [3.63, 3.8) is 0 Å². The van der Waals surface area contributed by atoms with Crippen LogP contribution in [0.5, 0.6) is 0 Å². The lowest BCUT2D eigenvalue weighted by atomic mass is 10.2. The highest BCUT2D eigenvalue weighted by atomic mass is 32.2. The van der Waals surface area contributed by atoms with E-state index in [1.54, 1.807) is 30.3 Å². The lowest BCUT2D eigenvalue weighted by Crippen LogP contribution is -2.37. The first-order valence-electron chi connectivity index (χ1n) is 5.22. The van der Waals surface area contributed by atoms with E-state index in [1.165, 1.54) is 0 Å². The number of aliphatic hydroxyl groups is 1. The summed E-state index contributed by atoms with van der Waals surface area (Å²) in [5.41, 5.74) is 0.623. The maximum Gasteiger partial charge on any atom is 0.336 e. The number of benzene rings is 1. The van der Waals surface area contributed by atoms with Gasteiger partial charge in [0.1, 0.15) is 0 Å². The van der Waals surface area contributed by atoms with Gasteiger partial charge < -0.3 is 9.84 Å². The van der Waals surface area contributed by atoms with Gasteiger partial charge in [0.25, 0.3) is 0 Å². The minimum Gasteiger partial charge on any atom is -0.467 e. The highest BCUT2D eigenvalue weighted by molar-refractivity contribution is 7.88. The zero-order valence-electron chi connectivity index (χ0n) is 9.87.